The lowest BCUT2D eigenvalue weighted by atomic mass is 9.72. The van der Waals surface area contributed by atoms with Crippen LogP contribution in [0.5, 0.6) is 17.2 Å². The normalized spacial score (nSPS) is 29.8. The zero-order valence-electron chi connectivity index (χ0n) is 27.7. The Hall–Kier alpha value is -4.34. The molecule has 7 atom stereocenters. The summed E-state index contributed by atoms with van der Waals surface area (Å²) in [6.07, 6.45) is 1.13. The number of rotatable bonds is 7. The van der Waals surface area contributed by atoms with E-state index in [1.807, 2.05) is 12.2 Å². The number of allylic oxidation sites excluding steroid dienone is 1. The van der Waals surface area contributed by atoms with Crippen molar-refractivity contribution in [2.24, 2.45) is 0 Å². The summed E-state index contributed by atoms with van der Waals surface area (Å²) in [5.41, 5.74) is -3.93. The van der Waals surface area contributed by atoms with Gasteiger partial charge in [-0.15, -0.1) is 0 Å². The molecule has 0 spiro atoms. The Morgan fingerprint density at radius 1 is 1.06 bits per heavy atom. The van der Waals surface area contributed by atoms with Crippen molar-refractivity contribution >= 4 is 23.4 Å². The van der Waals surface area contributed by atoms with Gasteiger partial charge in [0.15, 0.2) is 17.9 Å². The Kier molecular flexibility index (Phi) is 10.0. The Balaban J connectivity index is 1.33. The second kappa shape index (κ2) is 14.1. The quantitative estimate of drug-likeness (QED) is 0.155. The van der Waals surface area contributed by atoms with Crippen molar-refractivity contribution in [3.8, 4) is 17.2 Å². The molecule has 2 aromatic carbocycles. The van der Waals surface area contributed by atoms with Crippen LogP contribution in [0, 0.1) is 0 Å². The van der Waals surface area contributed by atoms with E-state index in [9.17, 15) is 44.7 Å². The summed E-state index contributed by atoms with van der Waals surface area (Å²) in [7, 11) is 1.31. The highest BCUT2D eigenvalue weighted by Gasteiger charge is 2.50. The van der Waals surface area contributed by atoms with Crippen LogP contribution in [0.3, 0.4) is 0 Å². The van der Waals surface area contributed by atoms with Crippen LogP contribution in [0.4, 0.5) is 4.79 Å². The number of carbonyl (C=O) groups excluding carboxylic acids is 4. The summed E-state index contributed by atoms with van der Waals surface area (Å²) in [5, 5.41) is 58.1. The number of aliphatic hydroxyl groups is 3. The maximum absolute atomic E-state index is 13.9. The lowest BCUT2D eigenvalue weighted by Crippen LogP contribution is -2.56. The number of carbonyl (C=O) groups is 4. The second-order valence-corrected chi connectivity index (χ2v) is 13.3. The van der Waals surface area contributed by atoms with Gasteiger partial charge in [0.1, 0.15) is 41.7 Å². The van der Waals surface area contributed by atoms with Gasteiger partial charge in [0.25, 0.3) is 0 Å². The number of fused-ring (bicyclic) bond motifs is 3. The zero-order valence-corrected chi connectivity index (χ0v) is 27.7. The number of nitrogens with one attached hydrogen (secondary N) is 1. The van der Waals surface area contributed by atoms with E-state index in [0.717, 1.165) is 25.7 Å². The van der Waals surface area contributed by atoms with Gasteiger partial charge in [0.2, 0.25) is 5.78 Å². The van der Waals surface area contributed by atoms with Crippen LogP contribution in [-0.4, -0.2) is 98.9 Å². The Bertz CT molecular complexity index is 1740. The van der Waals surface area contributed by atoms with Gasteiger partial charge in [0, 0.05) is 36.0 Å². The number of phenolic OH excluding ortho intramolecular Hbond substituents is 2. The smallest absolute Gasteiger partial charge is 0.408 e. The van der Waals surface area contributed by atoms with Crippen LogP contribution >= 0.6 is 0 Å². The van der Waals surface area contributed by atoms with E-state index < -0.39 is 108 Å². The van der Waals surface area contributed by atoms with E-state index in [4.69, 9.17) is 18.9 Å². The van der Waals surface area contributed by atoms with Crippen molar-refractivity contribution in [3.05, 3.63) is 63.7 Å². The monoisotopic (exact) mass is 695 g/mol. The third kappa shape index (κ3) is 6.37. The lowest BCUT2D eigenvalue weighted by Gasteiger charge is -2.42. The molecule has 6 rings (SSSR count). The maximum atomic E-state index is 13.9. The number of hydrogen-bond donors (Lipinski definition) is 6. The van der Waals surface area contributed by atoms with Gasteiger partial charge in [-0.25, -0.2) is 4.79 Å². The van der Waals surface area contributed by atoms with Crippen LogP contribution in [0.2, 0.25) is 0 Å². The first-order valence-electron chi connectivity index (χ1n) is 16.7. The zero-order chi connectivity index (χ0) is 35.9. The van der Waals surface area contributed by atoms with Crippen LogP contribution < -0.4 is 10.1 Å². The average Bonchev–Trinajstić information content (AvgIpc) is 3.07. The number of amides is 1. The number of alkyl carbamates (subject to hydrolysis) is 1. The number of aromatic hydroxyl groups is 2. The first-order valence-corrected chi connectivity index (χ1v) is 16.7. The largest absolute Gasteiger partial charge is 0.507 e. The number of phenols is 2. The van der Waals surface area contributed by atoms with Crippen molar-refractivity contribution < 1.29 is 63.7 Å². The highest BCUT2D eigenvalue weighted by atomic mass is 16.7. The molecule has 1 fully saturated rings. The number of hydrogen-bond acceptors (Lipinski definition) is 13. The number of methoxy groups -OCH3 is 1. The summed E-state index contributed by atoms with van der Waals surface area (Å²) in [4.78, 5) is 53.4. The standard InChI is InChI=1S/C36H41NO13/c1-17-30(40)21(37-35(45)49-18-9-6-4-3-5-7-10-18)13-25(48-17)50-23-15-36(46,24(39)16-38)14-20-27(23)34(44)29-28(32(20)42)31(41)19-11-8-12-22(47-2)26(19)33(29)43/h6,8-9,11-12,17-18,21,23,25,30,38,40,42,44,46H,3-5,7,10,13-16H2,1-2H3,(H,37,45)/b9-6+/t17?,18?,21?,23-,25-,30+,36-/m0/s1. The fraction of sp³-hybridized carbons (Fsp3) is 0.500. The summed E-state index contributed by atoms with van der Waals surface area (Å²) < 4.78 is 23.0. The fourth-order valence-electron chi connectivity index (χ4n) is 7.41. The summed E-state index contributed by atoms with van der Waals surface area (Å²) >= 11 is 0. The Labute approximate surface area is 287 Å². The molecular weight excluding hydrogens is 654 g/mol. The molecule has 6 N–H and O–H groups in total. The molecule has 3 unspecified atom stereocenters. The van der Waals surface area contributed by atoms with Crippen molar-refractivity contribution in [1.82, 2.24) is 5.32 Å². The van der Waals surface area contributed by atoms with Crippen LogP contribution in [0.25, 0.3) is 0 Å². The third-order valence-electron chi connectivity index (χ3n) is 10.0. The molecule has 1 heterocycles. The van der Waals surface area contributed by atoms with E-state index in [0.29, 0.717) is 6.42 Å². The highest BCUT2D eigenvalue weighted by Crippen LogP contribution is 2.52. The molecule has 0 radical (unpaired) electrons. The Morgan fingerprint density at radius 2 is 1.82 bits per heavy atom. The second-order valence-electron chi connectivity index (χ2n) is 13.3. The van der Waals surface area contributed by atoms with Crippen LogP contribution in [0.1, 0.15) is 101 Å². The average molecular weight is 696 g/mol. The number of ether oxygens (including phenoxy) is 4. The van der Waals surface area contributed by atoms with E-state index in [-0.39, 0.29) is 34.4 Å². The van der Waals surface area contributed by atoms with E-state index in [1.54, 1.807) is 6.92 Å². The SMILES string of the molecule is COc1cccc2c1C(=O)c1c(O)c3c(c(O)c1C2=O)C[C@@](O)(C(=O)CO)C[C@@H]3O[C@H]1CC(NC(=O)OC2/C=C/CCCCC2)[C@H](O)C(C)O1. The van der Waals surface area contributed by atoms with Gasteiger partial charge in [-0.2, -0.15) is 0 Å². The van der Waals surface area contributed by atoms with Crippen molar-refractivity contribution in [3.63, 3.8) is 0 Å². The van der Waals surface area contributed by atoms with Crippen molar-refractivity contribution in [2.75, 3.05) is 13.7 Å². The molecule has 1 saturated heterocycles. The minimum atomic E-state index is -2.32. The number of ketones is 3. The van der Waals surface area contributed by atoms with Gasteiger partial charge in [-0.1, -0.05) is 24.6 Å². The predicted molar refractivity (Wildman–Crippen MR) is 173 cm³/mol. The predicted octanol–water partition coefficient (Wildman–Crippen LogP) is 2.66. The number of benzene rings is 2. The summed E-state index contributed by atoms with van der Waals surface area (Å²) in [5.74, 6) is -3.98. The molecule has 4 aliphatic rings. The first kappa shape index (κ1) is 35.5. The topological polar surface area (TPSA) is 218 Å². The van der Waals surface area contributed by atoms with Crippen LogP contribution in [0.15, 0.2) is 30.4 Å². The first-order chi connectivity index (χ1) is 23.9. The Morgan fingerprint density at radius 3 is 2.56 bits per heavy atom. The molecule has 0 bridgehead atoms. The van der Waals surface area contributed by atoms with Crippen molar-refractivity contribution in [1.29, 1.82) is 0 Å². The van der Waals surface area contributed by atoms with Gasteiger partial charge >= 0.3 is 6.09 Å². The van der Waals surface area contributed by atoms with Gasteiger partial charge in [-0.3, -0.25) is 14.4 Å². The summed E-state index contributed by atoms with van der Waals surface area (Å²) in [6, 6.07) is 3.41. The van der Waals surface area contributed by atoms with Gasteiger partial charge < -0.3 is 49.8 Å². The number of Topliss-reactive ketones (excluding diaryl/α,β-unsaturated/α-hetero) is 1. The molecule has 0 aromatic heterocycles. The highest BCUT2D eigenvalue weighted by molar-refractivity contribution is 6.31. The maximum Gasteiger partial charge on any atom is 0.408 e. The minimum absolute atomic E-state index is 0.0737. The minimum Gasteiger partial charge on any atom is -0.507 e. The molecular formula is C36H41NO13. The fourth-order valence-corrected chi connectivity index (χ4v) is 7.41. The van der Waals surface area contributed by atoms with Gasteiger partial charge in [0.05, 0.1) is 42.0 Å². The molecule has 14 nitrogen and oxygen atoms in total. The molecule has 1 aliphatic heterocycles. The molecule has 268 valence electrons. The molecule has 0 saturated carbocycles. The molecule has 1 amide bonds. The van der Waals surface area contributed by atoms with Gasteiger partial charge in [-0.05, 0) is 44.7 Å². The molecule has 50 heavy (non-hydrogen) atoms. The molecule has 3 aliphatic carbocycles. The lowest BCUT2D eigenvalue weighted by molar-refractivity contribution is -0.249. The molecule has 2 aromatic rings. The van der Waals surface area contributed by atoms with Crippen molar-refractivity contribution in [2.45, 2.75) is 101 Å². The van der Waals surface area contributed by atoms with Crippen LogP contribution in [-0.2, 0) is 25.4 Å². The third-order valence-corrected chi connectivity index (χ3v) is 10.0. The molecule has 14 heteroatoms. The summed E-state index contributed by atoms with van der Waals surface area (Å²) in [6.45, 7) is 0.487. The van der Waals surface area contributed by atoms with E-state index in [1.165, 1.54) is 25.3 Å². The number of aliphatic hydroxyl groups excluding tert-OH is 2. The van der Waals surface area contributed by atoms with E-state index >= 15 is 0 Å². The van der Waals surface area contributed by atoms with E-state index in [2.05, 4.69) is 5.32 Å².